The summed E-state index contributed by atoms with van der Waals surface area (Å²) in [6.45, 7) is 0. The van der Waals surface area contributed by atoms with Crippen molar-refractivity contribution in [1.29, 1.82) is 0 Å². The molecule has 4 N–H and O–H groups in total. The zero-order valence-electron chi connectivity index (χ0n) is 11.5. The molecule has 1 aromatic heterocycles. The number of allylic oxidation sites excluding steroid dienone is 1. The second-order valence-electron chi connectivity index (χ2n) is 5.05. The maximum atomic E-state index is 12.1. The molecule has 0 saturated carbocycles. The van der Waals surface area contributed by atoms with Crippen LogP contribution in [0.4, 0.5) is 4.79 Å². The molecule has 108 valence electrons. The lowest BCUT2D eigenvalue weighted by Gasteiger charge is -2.19. The fourth-order valence-corrected chi connectivity index (χ4v) is 2.87. The summed E-state index contributed by atoms with van der Waals surface area (Å²) < 4.78 is 0. The molecular formula is C14H15N5O2. The number of hydrogen-bond donors (Lipinski definition) is 3. The van der Waals surface area contributed by atoms with Crippen LogP contribution in [0.25, 0.3) is 5.57 Å². The number of fused-ring (bicyclic) bond motifs is 2. The predicted octanol–water partition coefficient (Wildman–Crippen LogP) is 0.0627. The highest BCUT2D eigenvalue weighted by atomic mass is 16.2. The van der Waals surface area contributed by atoms with Crippen molar-refractivity contribution < 1.29 is 9.59 Å². The minimum atomic E-state index is -1.02. The topological polar surface area (TPSA) is 109 Å². The Hall–Kier alpha value is -2.70. The Morgan fingerprint density at radius 3 is 2.95 bits per heavy atom. The molecule has 0 aromatic carbocycles. The summed E-state index contributed by atoms with van der Waals surface area (Å²) in [7, 11) is 1.66. The summed E-state index contributed by atoms with van der Waals surface area (Å²) in [4.78, 5) is 31.8. The smallest absolute Gasteiger partial charge is 0.322 e. The number of aliphatic imine (C=N–C) groups is 1. The quantitative estimate of drug-likeness (QED) is 0.527. The van der Waals surface area contributed by atoms with E-state index in [0.717, 1.165) is 16.7 Å². The van der Waals surface area contributed by atoms with Gasteiger partial charge in [-0.2, -0.15) is 0 Å². The van der Waals surface area contributed by atoms with Gasteiger partial charge in [0.1, 0.15) is 0 Å². The van der Waals surface area contributed by atoms with Gasteiger partial charge in [0, 0.05) is 36.8 Å². The van der Waals surface area contributed by atoms with Gasteiger partial charge in [-0.3, -0.25) is 20.1 Å². The SMILES string of the molecule is CN=CC(=CN)c1cnc2c(c1)CCC21NC(=O)NC1=O. The van der Waals surface area contributed by atoms with Crippen molar-refractivity contribution in [2.75, 3.05) is 7.05 Å². The van der Waals surface area contributed by atoms with Gasteiger partial charge in [0.2, 0.25) is 0 Å². The van der Waals surface area contributed by atoms with E-state index in [-0.39, 0.29) is 5.91 Å². The van der Waals surface area contributed by atoms with Crippen LogP contribution in [0.15, 0.2) is 23.5 Å². The van der Waals surface area contributed by atoms with Crippen LogP contribution in [0, 0.1) is 0 Å². The van der Waals surface area contributed by atoms with E-state index in [2.05, 4.69) is 20.6 Å². The van der Waals surface area contributed by atoms with Crippen LogP contribution < -0.4 is 16.4 Å². The summed E-state index contributed by atoms with van der Waals surface area (Å²) in [6.07, 6.45) is 5.94. The fourth-order valence-electron chi connectivity index (χ4n) is 2.87. The summed E-state index contributed by atoms with van der Waals surface area (Å²) in [5.74, 6) is -0.337. The van der Waals surface area contributed by atoms with Crippen molar-refractivity contribution in [2.24, 2.45) is 10.7 Å². The molecule has 1 spiro atoms. The Kier molecular flexibility index (Phi) is 2.97. The Labute approximate surface area is 121 Å². The average molecular weight is 285 g/mol. The number of nitrogens with two attached hydrogens (primary N) is 1. The Bertz CT molecular complexity index is 695. The molecule has 2 heterocycles. The van der Waals surface area contributed by atoms with Gasteiger partial charge in [-0.1, -0.05) is 0 Å². The molecule has 1 unspecified atom stereocenters. The van der Waals surface area contributed by atoms with E-state index in [1.165, 1.54) is 6.20 Å². The molecule has 0 bridgehead atoms. The highest BCUT2D eigenvalue weighted by molar-refractivity contribution is 6.10. The number of urea groups is 1. The lowest BCUT2D eigenvalue weighted by molar-refractivity contribution is -0.124. The standard InChI is InChI=1S/C14H15N5O2/c1-16-6-10(5-15)9-4-8-2-3-14(11(8)17-7-9)12(20)18-13(21)19-14/h4-7H,2-3,15H2,1H3,(H2,18,19,20,21). The molecule has 2 aliphatic rings. The van der Waals surface area contributed by atoms with E-state index in [1.807, 2.05) is 6.07 Å². The van der Waals surface area contributed by atoms with E-state index < -0.39 is 11.6 Å². The first-order valence-electron chi connectivity index (χ1n) is 6.58. The first-order valence-corrected chi connectivity index (χ1v) is 6.58. The second kappa shape index (κ2) is 4.69. The third-order valence-corrected chi connectivity index (χ3v) is 3.86. The minimum Gasteiger partial charge on any atom is -0.404 e. The largest absolute Gasteiger partial charge is 0.404 e. The number of pyridine rings is 1. The van der Waals surface area contributed by atoms with E-state index >= 15 is 0 Å². The van der Waals surface area contributed by atoms with E-state index in [4.69, 9.17) is 5.73 Å². The molecular weight excluding hydrogens is 270 g/mol. The summed E-state index contributed by atoms with van der Waals surface area (Å²) in [6, 6.07) is 1.47. The molecule has 21 heavy (non-hydrogen) atoms. The van der Waals surface area contributed by atoms with E-state index in [0.29, 0.717) is 18.5 Å². The number of imide groups is 1. The Balaban J connectivity index is 2.04. The molecule has 1 aliphatic carbocycles. The Morgan fingerprint density at radius 1 is 1.52 bits per heavy atom. The number of hydrogen-bond acceptors (Lipinski definition) is 5. The summed E-state index contributed by atoms with van der Waals surface area (Å²) in [5.41, 5.74) is 7.72. The number of aromatic nitrogens is 1. The van der Waals surface area contributed by atoms with Gasteiger partial charge in [-0.15, -0.1) is 0 Å². The van der Waals surface area contributed by atoms with Crippen LogP contribution in [-0.4, -0.2) is 30.2 Å². The first kappa shape index (κ1) is 13.3. The number of nitrogens with zero attached hydrogens (tertiary/aromatic N) is 2. The van der Waals surface area contributed by atoms with Crippen molar-refractivity contribution >= 4 is 23.7 Å². The molecule has 1 atom stereocenters. The molecule has 7 nitrogen and oxygen atoms in total. The van der Waals surface area contributed by atoms with Gasteiger partial charge in [-0.25, -0.2) is 4.79 Å². The molecule has 1 aliphatic heterocycles. The van der Waals surface area contributed by atoms with Gasteiger partial charge in [-0.05, 0) is 24.5 Å². The van der Waals surface area contributed by atoms with Crippen LogP contribution in [0.2, 0.25) is 0 Å². The van der Waals surface area contributed by atoms with Gasteiger partial charge >= 0.3 is 6.03 Å². The molecule has 1 saturated heterocycles. The number of carbonyl (C=O) groups excluding carboxylic acids is 2. The maximum absolute atomic E-state index is 12.1. The zero-order chi connectivity index (χ0) is 15.0. The fraction of sp³-hybridized carbons (Fsp3) is 0.286. The van der Waals surface area contributed by atoms with Gasteiger partial charge in [0.05, 0.1) is 5.69 Å². The molecule has 0 radical (unpaired) electrons. The number of rotatable bonds is 2. The number of carbonyl (C=O) groups is 2. The van der Waals surface area contributed by atoms with Crippen LogP contribution in [0.3, 0.4) is 0 Å². The van der Waals surface area contributed by atoms with Gasteiger partial charge in [0.25, 0.3) is 5.91 Å². The first-order chi connectivity index (χ1) is 10.1. The monoisotopic (exact) mass is 285 g/mol. The molecule has 7 heteroatoms. The van der Waals surface area contributed by atoms with Crippen LogP contribution in [-0.2, 0) is 16.8 Å². The van der Waals surface area contributed by atoms with Gasteiger partial charge < -0.3 is 11.1 Å². The third kappa shape index (κ3) is 1.89. The minimum absolute atomic E-state index is 0.337. The van der Waals surface area contributed by atoms with E-state index in [9.17, 15) is 9.59 Å². The second-order valence-corrected chi connectivity index (χ2v) is 5.05. The van der Waals surface area contributed by atoms with Crippen molar-refractivity contribution in [2.45, 2.75) is 18.4 Å². The van der Waals surface area contributed by atoms with Crippen molar-refractivity contribution in [3.63, 3.8) is 0 Å². The highest BCUT2D eigenvalue weighted by Gasteiger charge is 2.52. The average Bonchev–Trinajstić information content (AvgIpc) is 2.97. The molecule has 1 fully saturated rings. The number of amides is 3. The molecule has 3 rings (SSSR count). The summed E-state index contributed by atoms with van der Waals surface area (Å²) in [5, 5.41) is 4.97. The number of nitrogens with one attached hydrogen (secondary N) is 2. The maximum Gasteiger partial charge on any atom is 0.322 e. The normalized spacial score (nSPS) is 24.5. The lowest BCUT2D eigenvalue weighted by Crippen LogP contribution is -2.42. The lowest BCUT2D eigenvalue weighted by atomic mass is 9.96. The van der Waals surface area contributed by atoms with Crippen molar-refractivity contribution in [1.82, 2.24) is 15.6 Å². The van der Waals surface area contributed by atoms with Crippen LogP contribution in [0.1, 0.15) is 23.2 Å². The summed E-state index contributed by atoms with van der Waals surface area (Å²) >= 11 is 0. The zero-order valence-corrected chi connectivity index (χ0v) is 11.5. The van der Waals surface area contributed by atoms with Crippen LogP contribution in [0.5, 0.6) is 0 Å². The van der Waals surface area contributed by atoms with Crippen LogP contribution >= 0.6 is 0 Å². The third-order valence-electron chi connectivity index (χ3n) is 3.86. The number of aryl methyl sites for hydroxylation is 1. The molecule has 1 aromatic rings. The Morgan fingerprint density at radius 2 is 2.33 bits per heavy atom. The highest BCUT2D eigenvalue weighted by Crippen LogP contribution is 2.38. The van der Waals surface area contributed by atoms with Crippen molar-refractivity contribution in [3.05, 3.63) is 35.3 Å². The van der Waals surface area contributed by atoms with E-state index in [1.54, 1.807) is 19.5 Å². The van der Waals surface area contributed by atoms with Crippen molar-refractivity contribution in [3.8, 4) is 0 Å². The molecule has 3 amide bonds. The predicted molar refractivity (Wildman–Crippen MR) is 77.5 cm³/mol. The van der Waals surface area contributed by atoms with Gasteiger partial charge in [0.15, 0.2) is 5.54 Å².